The van der Waals surface area contributed by atoms with Crippen LogP contribution in [0.3, 0.4) is 0 Å². The third-order valence-electron chi connectivity index (χ3n) is 1.94. The average Bonchev–Trinajstić information content (AvgIpc) is 2.70. The van der Waals surface area contributed by atoms with Gasteiger partial charge in [0.2, 0.25) is 0 Å². The van der Waals surface area contributed by atoms with Gasteiger partial charge in [0, 0.05) is 10.0 Å². The maximum absolute atomic E-state index is 10.9. The zero-order valence-corrected chi connectivity index (χ0v) is 10.1. The van der Waals surface area contributed by atoms with Crippen LogP contribution in [0, 0.1) is 0 Å². The van der Waals surface area contributed by atoms with E-state index in [1.54, 1.807) is 18.2 Å². The first kappa shape index (κ1) is 11.2. The van der Waals surface area contributed by atoms with E-state index in [0.29, 0.717) is 10.6 Å². The molecule has 0 saturated carbocycles. The second-order valence-corrected chi connectivity index (χ2v) is 4.28. The number of carbonyl (C=O) groups is 1. The summed E-state index contributed by atoms with van der Waals surface area (Å²) < 4.78 is 5.83. The Labute approximate surface area is 104 Å². The quantitative estimate of drug-likeness (QED) is 0.923. The second-order valence-electron chi connectivity index (χ2n) is 2.96. The fourth-order valence-electron chi connectivity index (χ4n) is 1.26. The maximum Gasteiger partial charge on any atom is 0.358 e. The summed E-state index contributed by atoms with van der Waals surface area (Å²) in [6.45, 7) is 0. The van der Waals surface area contributed by atoms with Gasteiger partial charge in [-0.25, -0.2) is 9.78 Å². The summed E-state index contributed by atoms with van der Waals surface area (Å²) in [4.78, 5) is 14.5. The first-order valence-corrected chi connectivity index (χ1v) is 5.39. The Kier molecular flexibility index (Phi) is 2.98. The molecular weight excluding hydrogens is 297 g/mol. The number of aromatic nitrogens is 1. The fraction of sp³-hybridized carbons (Fsp3) is 0. The lowest BCUT2D eigenvalue weighted by molar-refractivity contribution is 0.0691. The Balaban J connectivity index is 2.62. The second kappa shape index (κ2) is 4.27. The van der Waals surface area contributed by atoms with Gasteiger partial charge in [0.25, 0.3) is 0 Å². The van der Waals surface area contributed by atoms with Gasteiger partial charge < -0.3 is 9.52 Å². The molecule has 0 saturated heterocycles. The minimum atomic E-state index is -1.15. The number of carboxylic acid groups (broad SMARTS) is 1. The van der Waals surface area contributed by atoms with Crippen molar-refractivity contribution in [1.82, 2.24) is 4.98 Å². The molecule has 0 unspecified atom stereocenters. The van der Waals surface area contributed by atoms with E-state index in [1.807, 2.05) is 0 Å². The number of hydrogen-bond acceptors (Lipinski definition) is 3. The first-order valence-electron chi connectivity index (χ1n) is 4.22. The summed E-state index contributed by atoms with van der Waals surface area (Å²) in [5.41, 5.74) is 0.339. The molecule has 4 nitrogen and oxygen atoms in total. The van der Waals surface area contributed by atoms with Crippen molar-refractivity contribution in [3.8, 4) is 11.3 Å². The van der Waals surface area contributed by atoms with Crippen LogP contribution < -0.4 is 0 Å². The van der Waals surface area contributed by atoms with E-state index in [2.05, 4.69) is 20.9 Å². The van der Waals surface area contributed by atoms with E-state index in [9.17, 15) is 4.79 Å². The molecule has 0 atom stereocenters. The number of benzene rings is 1. The number of hydrogen-bond donors (Lipinski definition) is 1. The minimum absolute atomic E-state index is 0.152. The Morgan fingerprint density at radius 2 is 2.25 bits per heavy atom. The zero-order chi connectivity index (χ0) is 11.7. The number of carboxylic acids is 1. The van der Waals surface area contributed by atoms with Crippen LogP contribution in [0.4, 0.5) is 0 Å². The van der Waals surface area contributed by atoms with Gasteiger partial charge in [0.05, 0.1) is 5.02 Å². The third kappa shape index (κ3) is 1.96. The van der Waals surface area contributed by atoms with Gasteiger partial charge in [0.15, 0.2) is 17.8 Å². The van der Waals surface area contributed by atoms with Crippen molar-refractivity contribution in [1.29, 1.82) is 0 Å². The van der Waals surface area contributed by atoms with Crippen molar-refractivity contribution in [2.75, 3.05) is 0 Å². The van der Waals surface area contributed by atoms with Crippen LogP contribution in [0.1, 0.15) is 10.5 Å². The molecule has 0 aliphatic rings. The molecule has 2 rings (SSSR count). The summed E-state index contributed by atoms with van der Waals surface area (Å²) in [6, 6.07) is 5.08. The van der Waals surface area contributed by atoms with Crippen LogP contribution in [0.25, 0.3) is 11.3 Å². The van der Waals surface area contributed by atoms with Crippen molar-refractivity contribution in [2.24, 2.45) is 0 Å². The Hall–Kier alpha value is -1.33. The lowest BCUT2D eigenvalue weighted by atomic mass is 10.1. The van der Waals surface area contributed by atoms with E-state index in [-0.39, 0.29) is 11.5 Å². The molecular formula is C10H5BrClNO3. The Morgan fingerprint density at radius 3 is 2.94 bits per heavy atom. The molecule has 0 amide bonds. The lowest BCUT2D eigenvalue weighted by Gasteiger charge is -2.02. The first-order chi connectivity index (χ1) is 7.59. The zero-order valence-electron chi connectivity index (χ0n) is 7.78. The van der Waals surface area contributed by atoms with Crippen molar-refractivity contribution in [3.05, 3.63) is 39.8 Å². The molecule has 1 N–H and O–H groups in total. The minimum Gasteiger partial charge on any atom is -0.476 e. The molecule has 1 heterocycles. The van der Waals surface area contributed by atoms with Crippen LogP contribution >= 0.6 is 27.5 Å². The molecule has 0 bridgehead atoms. The van der Waals surface area contributed by atoms with Crippen LogP contribution in [0.2, 0.25) is 5.02 Å². The number of oxazole rings is 1. The summed E-state index contributed by atoms with van der Waals surface area (Å²) in [5, 5.41) is 9.30. The van der Waals surface area contributed by atoms with E-state index in [0.717, 1.165) is 10.9 Å². The fourth-order valence-corrected chi connectivity index (χ4v) is 1.83. The van der Waals surface area contributed by atoms with Crippen molar-refractivity contribution < 1.29 is 14.3 Å². The topological polar surface area (TPSA) is 63.3 Å². The van der Waals surface area contributed by atoms with Gasteiger partial charge in [-0.1, -0.05) is 27.5 Å². The maximum atomic E-state index is 10.9. The van der Waals surface area contributed by atoms with Gasteiger partial charge in [-0.05, 0) is 18.2 Å². The van der Waals surface area contributed by atoms with E-state index >= 15 is 0 Å². The molecule has 0 radical (unpaired) electrons. The number of aromatic carboxylic acids is 1. The van der Waals surface area contributed by atoms with Crippen molar-refractivity contribution >= 4 is 33.5 Å². The van der Waals surface area contributed by atoms with Crippen LogP contribution in [-0.2, 0) is 0 Å². The molecule has 0 fully saturated rings. The summed E-state index contributed by atoms with van der Waals surface area (Å²) in [5.74, 6) is -1.00. The monoisotopic (exact) mass is 301 g/mol. The van der Waals surface area contributed by atoms with Gasteiger partial charge in [-0.15, -0.1) is 0 Å². The van der Waals surface area contributed by atoms with E-state index in [4.69, 9.17) is 21.1 Å². The lowest BCUT2D eigenvalue weighted by Crippen LogP contribution is -1.98. The predicted octanol–water partition coefficient (Wildman–Crippen LogP) is 3.46. The summed E-state index contributed by atoms with van der Waals surface area (Å²) in [7, 11) is 0. The highest BCUT2D eigenvalue weighted by molar-refractivity contribution is 9.10. The molecule has 16 heavy (non-hydrogen) atoms. The van der Waals surface area contributed by atoms with Crippen molar-refractivity contribution in [2.45, 2.75) is 0 Å². The SMILES string of the molecule is O=C(O)c1ncoc1-c1cc(Br)ccc1Cl. The highest BCUT2D eigenvalue weighted by Crippen LogP contribution is 2.32. The summed E-state index contributed by atoms with van der Waals surface area (Å²) in [6.07, 6.45) is 1.08. The van der Waals surface area contributed by atoms with E-state index < -0.39 is 5.97 Å². The molecule has 0 aliphatic heterocycles. The largest absolute Gasteiger partial charge is 0.476 e. The van der Waals surface area contributed by atoms with Crippen LogP contribution in [0.15, 0.2) is 33.5 Å². The number of nitrogens with zero attached hydrogens (tertiary/aromatic N) is 1. The van der Waals surface area contributed by atoms with Gasteiger partial charge in [-0.3, -0.25) is 0 Å². The molecule has 82 valence electrons. The van der Waals surface area contributed by atoms with Crippen molar-refractivity contribution in [3.63, 3.8) is 0 Å². The molecule has 6 heteroatoms. The number of halogens is 2. The third-order valence-corrected chi connectivity index (χ3v) is 2.77. The highest BCUT2D eigenvalue weighted by Gasteiger charge is 2.19. The number of rotatable bonds is 2. The molecule has 0 aliphatic carbocycles. The average molecular weight is 303 g/mol. The predicted molar refractivity (Wildman–Crippen MR) is 61.6 cm³/mol. The smallest absolute Gasteiger partial charge is 0.358 e. The normalized spacial score (nSPS) is 10.4. The van der Waals surface area contributed by atoms with Gasteiger partial charge >= 0.3 is 5.97 Å². The molecule has 0 spiro atoms. The standard InChI is InChI=1S/C10H5BrClNO3/c11-5-1-2-7(12)6(3-5)9-8(10(14)15)13-4-16-9/h1-4H,(H,14,15). The Bertz CT molecular complexity index is 553. The highest BCUT2D eigenvalue weighted by atomic mass is 79.9. The van der Waals surface area contributed by atoms with Crippen LogP contribution in [-0.4, -0.2) is 16.1 Å². The molecule has 2 aromatic rings. The van der Waals surface area contributed by atoms with Crippen LogP contribution in [0.5, 0.6) is 0 Å². The van der Waals surface area contributed by atoms with Gasteiger partial charge in [-0.2, -0.15) is 0 Å². The summed E-state index contributed by atoms with van der Waals surface area (Å²) >= 11 is 9.24. The molecule has 1 aromatic heterocycles. The Morgan fingerprint density at radius 1 is 1.50 bits per heavy atom. The molecule has 1 aromatic carbocycles. The van der Waals surface area contributed by atoms with E-state index in [1.165, 1.54) is 0 Å². The van der Waals surface area contributed by atoms with Gasteiger partial charge in [0.1, 0.15) is 0 Å².